The zero-order valence-electron chi connectivity index (χ0n) is 38.2. The van der Waals surface area contributed by atoms with Crippen molar-refractivity contribution in [3.05, 3.63) is 134 Å². The van der Waals surface area contributed by atoms with Gasteiger partial charge < -0.3 is 24.7 Å². The lowest BCUT2D eigenvalue weighted by molar-refractivity contribution is -0.0358. The molecule has 0 radical (unpaired) electrons. The van der Waals surface area contributed by atoms with Gasteiger partial charge in [0.05, 0.1) is 18.4 Å². The standard InChI is InChI=1S/C53H63N7O3S/c1-7-58(48-28-46(63-6)20-21-47(48)42-13-12-41-27-45(61)19-16-40(41)26-42)29-37-8-10-38(11-9-37)43-30-57(31-43)32-53(62)22-24-59(25-23-53)44-17-14-39(15-18-44)50-49-33(2)35(4)64-52(49)60(36(5)54)51(55)34(3)56-50/h8-11,14-21,27-28,34,42-43,54-55,61-62H,7,12-13,22-26,29-32H2,1-6H3. The van der Waals surface area contributed by atoms with Gasteiger partial charge in [-0.25, -0.2) is 0 Å². The number of benzene rings is 4. The van der Waals surface area contributed by atoms with Crippen LogP contribution >= 0.6 is 11.3 Å². The number of piperidine rings is 1. The number of phenols is 1. The topological polar surface area (TPSA) is 123 Å². The molecule has 334 valence electrons. The first-order valence-corrected chi connectivity index (χ1v) is 23.9. The molecule has 4 heterocycles. The fourth-order valence-corrected chi connectivity index (χ4v) is 11.7. The summed E-state index contributed by atoms with van der Waals surface area (Å²) in [5.41, 5.74) is 12.4. The number of likely N-dealkylation sites (tertiary alicyclic amines) is 1. The van der Waals surface area contributed by atoms with Gasteiger partial charge in [0.2, 0.25) is 0 Å². The number of phenolic OH excluding ortho intramolecular Hbond substituents is 1. The molecule has 2 atom stereocenters. The molecule has 9 rings (SSSR count). The highest BCUT2D eigenvalue weighted by Crippen LogP contribution is 2.42. The number of β-amino-alcohol motifs (C(OH)–C–C–N with tert-alkyl or cyclic N) is 1. The van der Waals surface area contributed by atoms with E-state index in [1.165, 1.54) is 38.4 Å². The number of rotatable bonds is 11. The first-order chi connectivity index (χ1) is 30.8. The number of hydrogen-bond acceptors (Lipinski definition) is 10. The Kier molecular flexibility index (Phi) is 12.2. The van der Waals surface area contributed by atoms with Gasteiger partial charge in [0.1, 0.15) is 34.2 Å². The Bertz CT molecular complexity index is 2570. The van der Waals surface area contributed by atoms with Gasteiger partial charge >= 0.3 is 0 Å². The molecular formula is C53H63N7O3S. The average Bonchev–Trinajstić information content (AvgIpc) is 3.51. The van der Waals surface area contributed by atoms with Crippen LogP contribution in [-0.2, 0) is 19.4 Å². The second kappa shape index (κ2) is 17.8. The summed E-state index contributed by atoms with van der Waals surface area (Å²) in [5, 5.41) is 40.0. The molecule has 4 aliphatic rings. The van der Waals surface area contributed by atoms with E-state index in [0.717, 1.165) is 110 Å². The van der Waals surface area contributed by atoms with E-state index >= 15 is 0 Å². The maximum atomic E-state index is 11.8. The lowest BCUT2D eigenvalue weighted by Crippen LogP contribution is -2.56. The maximum absolute atomic E-state index is 11.8. The molecule has 1 aromatic heterocycles. The van der Waals surface area contributed by atoms with Crippen molar-refractivity contribution in [2.24, 2.45) is 4.99 Å². The number of aromatic hydroxyl groups is 1. The fraction of sp³-hybridized carbons (Fsp3) is 0.415. The van der Waals surface area contributed by atoms with Crippen LogP contribution in [-0.4, -0.2) is 90.5 Å². The number of aliphatic hydroxyl groups is 1. The molecule has 4 N–H and O–H groups in total. The summed E-state index contributed by atoms with van der Waals surface area (Å²) in [7, 11) is 1.74. The number of aliphatic imine (C=N–C) groups is 1. The van der Waals surface area contributed by atoms with Crippen LogP contribution in [0.4, 0.5) is 16.4 Å². The normalized spacial score (nSPS) is 19.9. The molecule has 2 fully saturated rings. The summed E-state index contributed by atoms with van der Waals surface area (Å²) in [6, 6.07) is 29.9. The minimum Gasteiger partial charge on any atom is -0.508 e. The van der Waals surface area contributed by atoms with Crippen LogP contribution in [0, 0.1) is 24.7 Å². The van der Waals surface area contributed by atoms with Gasteiger partial charge in [0, 0.05) is 85.2 Å². The summed E-state index contributed by atoms with van der Waals surface area (Å²) >= 11 is 1.63. The van der Waals surface area contributed by atoms with Crippen LogP contribution in [0.15, 0.2) is 89.9 Å². The van der Waals surface area contributed by atoms with Gasteiger partial charge in [-0.2, -0.15) is 0 Å². The zero-order chi connectivity index (χ0) is 44.9. The van der Waals surface area contributed by atoms with E-state index in [2.05, 4.69) is 108 Å². The van der Waals surface area contributed by atoms with Crippen molar-refractivity contribution in [1.29, 1.82) is 10.8 Å². The van der Waals surface area contributed by atoms with Crippen LogP contribution in [0.1, 0.15) is 101 Å². The Hall–Kier alpha value is -5.49. The first-order valence-electron chi connectivity index (χ1n) is 23.1. The first kappa shape index (κ1) is 43.7. The molecule has 4 aromatic carbocycles. The van der Waals surface area contributed by atoms with Crippen LogP contribution in [0.5, 0.6) is 11.5 Å². The van der Waals surface area contributed by atoms with Crippen LogP contribution in [0.2, 0.25) is 0 Å². The van der Waals surface area contributed by atoms with E-state index < -0.39 is 5.60 Å². The molecule has 2 unspecified atom stereocenters. The van der Waals surface area contributed by atoms with E-state index in [0.29, 0.717) is 35.8 Å². The number of fused-ring (bicyclic) bond motifs is 2. The summed E-state index contributed by atoms with van der Waals surface area (Å²) in [4.78, 5) is 15.3. The number of nitrogens with one attached hydrogen (secondary N) is 2. The van der Waals surface area contributed by atoms with Crippen molar-refractivity contribution in [3.8, 4) is 11.5 Å². The van der Waals surface area contributed by atoms with E-state index in [9.17, 15) is 10.2 Å². The molecule has 10 nitrogen and oxygen atoms in total. The van der Waals surface area contributed by atoms with Crippen molar-refractivity contribution < 1.29 is 14.9 Å². The Morgan fingerprint density at radius 2 is 1.69 bits per heavy atom. The molecule has 0 saturated carbocycles. The molecule has 0 bridgehead atoms. The number of thiophene rings is 1. The van der Waals surface area contributed by atoms with Crippen LogP contribution < -0.4 is 19.4 Å². The lowest BCUT2D eigenvalue weighted by atomic mass is 9.79. The number of anilines is 3. The molecule has 5 aromatic rings. The summed E-state index contributed by atoms with van der Waals surface area (Å²) < 4.78 is 5.72. The highest BCUT2D eigenvalue weighted by Gasteiger charge is 2.39. The Balaban J connectivity index is 0.789. The van der Waals surface area contributed by atoms with Gasteiger partial charge in [-0.1, -0.05) is 48.5 Å². The number of nitrogens with zero attached hydrogens (tertiary/aromatic N) is 5. The largest absolute Gasteiger partial charge is 0.508 e. The summed E-state index contributed by atoms with van der Waals surface area (Å²) in [5.74, 6) is 2.76. The van der Waals surface area contributed by atoms with E-state index in [4.69, 9.17) is 20.5 Å². The SMILES string of the molecule is CCN(Cc1ccc(C2CN(CC3(O)CCN(c4ccc(C5=NC(C)C(=N)N(C(C)=N)c6sc(C)c(C)c65)cc4)CC3)C2)cc1)c1cc(OC)ccc1C1CCc2cc(O)ccc2C1. The number of hydrogen-bond donors (Lipinski definition) is 4. The molecule has 3 aliphatic heterocycles. The van der Waals surface area contributed by atoms with E-state index in [1.807, 2.05) is 19.1 Å². The van der Waals surface area contributed by atoms with Gasteiger partial charge in [-0.05, 0) is 136 Å². The van der Waals surface area contributed by atoms with Crippen LogP contribution in [0.25, 0.3) is 0 Å². The third-order valence-electron chi connectivity index (χ3n) is 14.4. The quantitative estimate of drug-likeness (QED) is 0.0770. The summed E-state index contributed by atoms with van der Waals surface area (Å²) in [6.07, 6.45) is 4.46. The van der Waals surface area contributed by atoms with Crippen molar-refractivity contribution in [2.75, 3.05) is 61.1 Å². The minimum atomic E-state index is -0.697. The van der Waals surface area contributed by atoms with E-state index in [-0.39, 0.29) is 6.04 Å². The molecule has 11 heteroatoms. The van der Waals surface area contributed by atoms with Gasteiger partial charge in [-0.15, -0.1) is 11.3 Å². The molecule has 2 saturated heterocycles. The van der Waals surface area contributed by atoms with Crippen molar-refractivity contribution in [1.82, 2.24) is 4.90 Å². The van der Waals surface area contributed by atoms with Gasteiger partial charge in [-0.3, -0.25) is 25.6 Å². The average molecular weight is 878 g/mol. The molecule has 0 spiro atoms. The van der Waals surface area contributed by atoms with Crippen LogP contribution in [0.3, 0.4) is 0 Å². The maximum Gasteiger partial charge on any atom is 0.132 e. The molecule has 64 heavy (non-hydrogen) atoms. The van der Waals surface area contributed by atoms with E-state index in [1.54, 1.807) is 30.3 Å². The van der Waals surface area contributed by atoms with Crippen molar-refractivity contribution in [2.45, 2.75) is 96.7 Å². The predicted octanol–water partition coefficient (Wildman–Crippen LogP) is 9.83. The summed E-state index contributed by atoms with van der Waals surface area (Å²) in [6.45, 7) is 16.1. The zero-order valence-corrected chi connectivity index (χ0v) is 39.1. The highest BCUT2D eigenvalue weighted by molar-refractivity contribution is 7.17. The molecule has 1 aliphatic carbocycles. The number of aryl methyl sites for hydroxylation is 2. The van der Waals surface area contributed by atoms with Crippen molar-refractivity contribution >= 4 is 45.1 Å². The fourth-order valence-electron chi connectivity index (χ4n) is 10.5. The second-order valence-corrected chi connectivity index (χ2v) is 19.8. The Morgan fingerprint density at radius 1 is 0.953 bits per heavy atom. The highest BCUT2D eigenvalue weighted by atomic mass is 32.1. The third-order valence-corrected chi connectivity index (χ3v) is 15.6. The number of amidine groups is 2. The van der Waals surface area contributed by atoms with Crippen molar-refractivity contribution in [3.63, 3.8) is 0 Å². The van der Waals surface area contributed by atoms with Gasteiger partial charge in [0.25, 0.3) is 0 Å². The van der Waals surface area contributed by atoms with Gasteiger partial charge in [0.15, 0.2) is 0 Å². The third kappa shape index (κ3) is 8.57. The second-order valence-electron chi connectivity index (χ2n) is 18.6. The number of ether oxygens (including phenoxy) is 1. The monoisotopic (exact) mass is 877 g/mol. The predicted molar refractivity (Wildman–Crippen MR) is 264 cm³/mol. The smallest absolute Gasteiger partial charge is 0.132 e. The Morgan fingerprint density at radius 3 is 2.38 bits per heavy atom. The molecular weight excluding hydrogens is 815 g/mol. The number of methoxy groups -OCH3 is 1. The Labute approximate surface area is 382 Å². The lowest BCUT2D eigenvalue weighted by Gasteiger charge is -2.47. The minimum absolute atomic E-state index is 0.325. The molecule has 0 amide bonds.